The molecule has 1 aromatic carbocycles. The molecule has 102 valence electrons. The number of nitrogens with zero attached hydrogens (tertiary/aromatic N) is 2. The summed E-state index contributed by atoms with van der Waals surface area (Å²) in [4.78, 5) is 7.28. The van der Waals surface area contributed by atoms with Gasteiger partial charge in [0.05, 0.1) is 24.3 Å². The van der Waals surface area contributed by atoms with Crippen molar-refractivity contribution < 1.29 is 4.74 Å². The molecule has 0 amide bonds. The minimum Gasteiger partial charge on any atom is -0.497 e. The first kappa shape index (κ1) is 12.9. The fraction of sp³-hybridized carbons (Fsp3) is 0.200. The van der Waals surface area contributed by atoms with Crippen LogP contribution in [0.1, 0.15) is 5.56 Å². The standard InChI is InChI=1S/C15H15N3OS/c1-19-12-4-2-11(3-5-12)7-9-18-14-6-8-16-10-13(14)17-15(18)20/h2-6,8,10H,7,9H2,1H3,(H,17,20). The first-order valence-electron chi connectivity index (χ1n) is 6.43. The molecule has 0 aliphatic heterocycles. The Balaban J connectivity index is 1.82. The van der Waals surface area contributed by atoms with Gasteiger partial charge in [-0.3, -0.25) is 4.98 Å². The number of rotatable bonds is 4. The number of nitrogens with one attached hydrogen (secondary N) is 1. The fourth-order valence-corrected chi connectivity index (χ4v) is 2.57. The predicted octanol–water partition coefficient (Wildman–Crippen LogP) is 3.35. The molecule has 2 aromatic heterocycles. The minimum absolute atomic E-state index is 0.738. The van der Waals surface area contributed by atoms with E-state index in [1.54, 1.807) is 19.5 Å². The van der Waals surface area contributed by atoms with Crippen LogP contribution in [0.2, 0.25) is 0 Å². The zero-order valence-corrected chi connectivity index (χ0v) is 12.0. The second kappa shape index (κ2) is 5.46. The van der Waals surface area contributed by atoms with Crippen LogP contribution in [0.4, 0.5) is 0 Å². The van der Waals surface area contributed by atoms with Crippen molar-refractivity contribution >= 4 is 23.3 Å². The molecule has 0 aliphatic carbocycles. The number of pyridine rings is 1. The third-order valence-electron chi connectivity index (χ3n) is 3.36. The van der Waals surface area contributed by atoms with Crippen molar-refractivity contribution in [3.8, 4) is 5.75 Å². The molecule has 0 atom stereocenters. The van der Waals surface area contributed by atoms with Gasteiger partial charge in [-0.05, 0) is 42.4 Å². The monoisotopic (exact) mass is 285 g/mol. The Morgan fingerprint density at radius 3 is 2.80 bits per heavy atom. The number of fused-ring (bicyclic) bond motifs is 1. The van der Waals surface area contributed by atoms with Crippen LogP contribution in [0.5, 0.6) is 5.75 Å². The highest BCUT2D eigenvalue weighted by Crippen LogP contribution is 2.15. The van der Waals surface area contributed by atoms with E-state index in [1.165, 1.54) is 5.56 Å². The molecule has 0 saturated carbocycles. The molecule has 1 N–H and O–H groups in total. The Hall–Kier alpha value is -2.14. The lowest BCUT2D eigenvalue weighted by Crippen LogP contribution is -2.01. The predicted molar refractivity (Wildman–Crippen MR) is 81.6 cm³/mol. The normalized spacial score (nSPS) is 10.8. The van der Waals surface area contributed by atoms with E-state index >= 15 is 0 Å². The lowest BCUT2D eigenvalue weighted by molar-refractivity contribution is 0.414. The smallest absolute Gasteiger partial charge is 0.178 e. The van der Waals surface area contributed by atoms with Crippen molar-refractivity contribution in [2.75, 3.05) is 7.11 Å². The summed E-state index contributed by atoms with van der Waals surface area (Å²) in [5, 5.41) is 0. The maximum Gasteiger partial charge on any atom is 0.178 e. The lowest BCUT2D eigenvalue weighted by atomic mass is 10.1. The van der Waals surface area contributed by atoms with Gasteiger partial charge in [-0.15, -0.1) is 0 Å². The maximum absolute atomic E-state index is 5.37. The Kier molecular flexibility index (Phi) is 3.52. The van der Waals surface area contributed by atoms with Gasteiger partial charge in [-0.1, -0.05) is 12.1 Å². The number of ether oxygens (including phenoxy) is 1. The number of hydrogen-bond donors (Lipinski definition) is 1. The highest BCUT2D eigenvalue weighted by molar-refractivity contribution is 7.71. The quantitative estimate of drug-likeness (QED) is 0.748. The molecule has 0 aliphatic rings. The summed E-state index contributed by atoms with van der Waals surface area (Å²) in [6.45, 7) is 0.842. The first-order valence-corrected chi connectivity index (χ1v) is 6.84. The van der Waals surface area contributed by atoms with Crippen LogP contribution in [-0.2, 0) is 13.0 Å². The summed E-state index contributed by atoms with van der Waals surface area (Å²) < 4.78 is 8.01. The van der Waals surface area contributed by atoms with E-state index < -0.39 is 0 Å². The van der Waals surface area contributed by atoms with E-state index in [1.807, 2.05) is 18.2 Å². The summed E-state index contributed by atoms with van der Waals surface area (Å²) in [5.41, 5.74) is 3.34. The molecular weight excluding hydrogens is 270 g/mol. The molecule has 0 saturated heterocycles. The molecule has 2 heterocycles. The summed E-state index contributed by atoms with van der Waals surface area (Å²) in [6.07, 6.45) is 4.51. The van der Waals surface area contributed by atoms with Gasteiger partial charge in [-0.2, -0.15) is 0 Å². The Morgan fingerprint density at radius 1 is 1.25 bits per heavy atom. The molecule has 0 spiro atoms. The van der Waals surface area contributed by atoms with Crippen LogP contribution in [0, 0.1) is 4.77 Å². The zero-order valence-electron chi connectivity index (χ0n) is 11.2. The molecule has 4 nitrogen and oxygen atoms in total. The number of aromatic amines is 1. The Bertz CT molecular complexity index is 774. The van der Waals surface area contributed by atoms with Crippen LogP contribution in [0.15, 0.2) is 42.7 Å². The van der Waals surface area contributed by atoms with Gasteiger partial charge in [-0.25, -0.2) is 0 Å². The maximum atomic E-state index is 5.37. The molecule has 0 radical (unpaired) electrons. The molecule has 3 rings (SSSR count). The number of aryl methyl sites for hydroxylation is 2. The Labute approximate surface area is 122 Å². The second-order valence-corrected chi connectivity index (χ2v) is 4.96. The molecule has 3 aromatic rings. The van der Waals surface area contributed by atoms with Crippen molar-refractivity contribution in [2.45, 2.75) is 13.0 Å². The molecule has 20 heavy (non-hydrogen) atoms. The van der Waals surface area contributed by atoms with Crippen molar-refractivity contribution in [2.24, 2.45) is 0 Å². The molecule has 0 unspecified atom stereocenters. The van der Waals surface area contributed by atoms with Gasteiger partial charge in [0.1, 0.15) is 5.75 Å². The first-order chi connectivity index (χ1) is 9.78. The highest BCUT2D eigenvalue weighted by Gasteiger charge is 2.04. The largest absolute Gasteiger partial charge is 0.497 e. The summed E-state index contributed by atoms with van der Waals surface area (Å²) in [7, 11) is 1.67. The minimum atomic E-state index is 0.738. The van der Waals surface area contributed by atoms with Crippen LogP contribution < -0.4 is 4.74 Å². The van der Waals surface area contributed by atoms with Gasteiger partial charge >= 0.3 is 0 Å². The Morgan fingerprint density at radius 2 is 2.05 bits per heavy atom. The lowest BCUT2D eigenvalue weighted by Gasteiger charge is -2.06. The van der Waals surface area contributed by atoms with Gasteiger partial charge in [0.15, 0.2) is 4.77 Å². The van der Waals surface area contributed by atoms with E-state index in [-0.39, 0.29) is 0 Å². The topological polar surface area (TPSA) is 42.8 Å². The third-order valence-corrected chi connectivity index (χ3v) is 3.68. The summed E-state index contributed by atoms with van der Waals surface area (Å²) >= 11 is 5.37. The third kappa shape index (κ3) is 2.44. The van der Waals surface area contributed by atoms with E-state index in [4.69, 9.17) is 17.0 Å². The molecule has 0 bridgehead atoms. The fourth-order valence-electron chi connectivity index (χ4n) is 2.27. The van der Waals surface area contributed by atoms with Crippen molar-refractivity contribution in [3.63, 3.8) is 0 Å². The van der Waals surface area contributed by atoms with E-state index in [0.717, 1.165) is 34.5 Å². The van der Waals surface area contributed by atoms with Crippen LogP contribution in [0.25, 0.3) is 11.0 Å². The second-order valence-electron chi connectivity index (χ2n) is 4.57. The van der Waals surface area contributed by atoms with E-state index in [0.29, 0.717) is 0 Å². The van der Waals surface area contributed by atoms with Gasteiger partial charge in [0.25, 0.3) is 0 Å². The number of methoxy groups -OCH3 is 1. The summed E-state index contributed by atoms with van der Waals surface area (Å²) in [5.74, 6) is 0.878. The van der Waals surface area contributed by atoms with Crippen molar-refractivity contribution in [1.29, 1.82) is 0 Å². The average molecular weight is 285 g/mol. The summed E-state index contributed by atoms with van der Waals surface area (Å²) in [6, 6.07) is 10.1. The van der Waals surface area contributed by atoms with Crippen LogP contribution in [0.3, 0.4) is 0 Å². The molecular formula is C15H15N3OS. The van der Waals surface area contributed by atoms with Crippen molar-refractivity contribution in [3.05, 3.63) is 53.1 Å². The van der Waals surface area contributed by atoms with Crippen LogP contribution >= 0.6 is 12.2 Å². The number of benzene rings is 1. The highest BCUT2D eigenvalue weighted by atomic mass is 32.1. The number of aromatic nitrogens is 3. The number of H-pyrrole nitrogens is 1. The van der Waals surface area contributed by atoms with Gasteiger partial charge in [0, 0.05) is 12.7 Å². The van der Waals surface area contributed by atoms with E-state index in [2.05, 4.69) is 26.7 Å². The number of hydrogen-bond acceptors (Lipinski definition) is 3. The number of imidazole rings is 1. The van der Waals surface area contributed by atoms with Gasteiger partial charge in [0.2, 0.25) is 0 Å². The zero-order chi connectivity index (χ0) is 13.9. The van der Waals surface area contributed by atoms with Crippen molar-refractivity contribution in [1.82, 2.24) is 14.5 Å². The van der Waals surface area contributed by atoms with Gasteiger partial charge < -0.3 is 14.3 Å². The molecule has 5 heteroatoms. The average Bonchev–Trinajstić information content (AvgIpc) is 2.81. The van der Waals surface area contributed by atoms with Crippen LogP contribution in [-0.4, -0.2) is 21.6 Å². The molecule has 0 fully saturated rings. The van der Waals surface area contributed by atoms with E-state index in [9.17, 15) is 0 Å². The SMILES string of the molecule is COc1ccc(CCn2c(=S)[nH]c3cnccc32)cc1.